The quantitative estimate of drug-likeness (QED) is 0.677. The number of aryl methyl sites for hydroxylation is 1. The molecule has 2 aromatic rings. The molecule has 1 heterocycles. The highest BCUT2D eigenvalue weighted by Crippen LogP contribution is 2.28. The summed E-state index contributed by atoms with van der Waals surface area (Å²) in [7, 11) is 0. The van der Waals surface area contributed by atoms with Crippen molar-refractivity contribution in [3.05, 3.63) is 53.6 Å². The number of esters is 1. The van der Waals surface area contributed by atoms with E-state index in [-0.39, 0.29) is 23.1 Å². The van der Waals surface area contributed by atoms with Gasteiger partial charge in [-0.15, -0.1) is 0 Å². The number of nitrogens with zero attached hydrogens (tertiary/aromatic N) is 1. The van der Waals surface area contributed by atoms with Crippen molar-refractivity contribution in [3.63, 3.8) is 0 Å². The van der Waals surface area contributed by atoms with Crippen molar-refractivity contribution in [2.24, 2.45) is 0 Å². The van der Waals surface area contributed by atoms with Crippen LogP contribution >= 0.6 is 0 Å². The number of hydrogen-bond donors (Lipinski definition) is 1. The molecule has 134 valence electrons. The van der Waals surface area contributed by atoms with Gasteiger partial charge in [0, 0.05) is 31.3 Å². The van der Waals surface area contributed by atoms with Crippen molar-refractivity contribution in [1.29, 1.82) is 0 Å². The van der Waals surface area contributed by atoms with Crippen LogP contribution in [0.25, 0.3) is 0 Å². The highest BCUT2D eigenvalue weighted by atomic mass is 16.5. The Morgan fingerprint density at radius 1 is 1.15 bits per heavy atom. The van der Waals surface area contributed by atoms with Crippen molar-refractivity contribution in [2.75, 3.05) is 16.8 Å². The van der Waals surface area contributed by atoms with Crippen LogP contribution in [0, 0.1) is 6.92 Å². The number of nitrogens with one attached hydrogen (secondary N) is 1. The molecule has 0 aromatic heterocycles. The Hall–Kier alpha value is -3.15. The maximum Gasteiger partial charge on any atom is 0.308 e. The van der Waals surface area contributed by atoms with Crippen LogP contribution in [0.15, 0.2) is 42.5 Å². The number of carbonyl (C=O) groups is 3. The molecule has 6 nitrogen and oxygen atoms in total. The van der Waals surface area contributed by atoms with E-state index in [1.807, 2.05) is 19.1 Å². The topological polar surface area (TPSA) is 75.7 Å². The number of hydrogen-bond acceptors (Lipinski definition) is 4. The van der Waals surface area contributed by atoms with Gasteiger partial charge in [-0.2, -0.15) is 0 Å². The summed E-state index contributed by atoms with van der Waals surface area (Å²) in [5, 5.41) is 2.81. The summed E-state index contributed by atoms with van der Waals surface area (Å²) in [6.07, 6.45) is 1.44. The molecule has 0 aliphatic carbocycles. The Morgan fingerprint density at radius 3 is 2.58 bits per heavy atom. The summed E-state index contributed by atoms with van der Waals surface area (Å²) >= 11 is 0. The van der Waals surface area contributed by atoms with Gasteiger partial charge in [0.2, 0.25) is 5.91 Å². The van der Waals surface area contributed by atoms with E-state index in [2.05, 4.69) is 5.32 Å². The molecule has 6 heteroatoms. The van der Waals surface area contributed by atoms with E-state index in [4.69, 9.17) is 4.74 Å². The SMILES string of the molecule is CC(=O)Oc1ccccc1C(=O)Nc1ccc(N2CCCC2=O)c(C)c1. The lowest BCUT2D eigenvalue weighted by molar-refractivity contribution is -0.131. The highest BCUT2D eigenvalue weighted by Gasteiger charge is 2.23. The molecule has 26 heavy (non-hydrogen) atoms. The zero-order chi connectivity index (χ0) is 18.7. The van der Waals surface area contributed by atoms with E-state index >= 15 is 0 Å². The first-order chi connectivity index (χ1) is 12.5. The van der Waals surface area contributed by atoms with Crippen LogP contribution < -0.4 is 15.0 Å². The zero-order valence-corrected chi connectivity index (χ0v) is 14.7. The van der Waals surface area contributed by atoms with Crippen molar-refractivity contribution in [2.45, 2.75) is 26.7 Å². The van der Waals surface area contributed by atoms with Crippen LogP contribution in [0.5, 0.6) is 5.75 Å². The minimum Gasteiger partial charge on any atom is -0.426 e. The van der Waals surface area contributed by atoms with Gasteiger partial charge in [-0.3, -0.25) is 14.4 Å². The molecular formula is C20H20N2O4. The second-order valence-corrected chi connectivity index (χ2v) is 6.19. The molecule has 0 unspecified atom stereocenters. The number of carbonyl (C=O) groups excluding carboxylic acids is 3. The number of para-hydroxylation sites is 1. The standard InChI is InChI=1S/C20H20N2O4/c1-13-12-15(9-10-17(13)22-11-5-8-19(22)24)21-20(25)16-6-3-4-7-18(16)26-14(2)23/h3-4,6-7,9-10,12H,5,8,11H2,1-2H3,(H,21,25). The van der Waals surface area contributed by atoms with E-state index in [1.54, 1.807) is 35.2 Å². The van der Waals surface area contributed by atoms with Gasteiger partial charge in [-0.1, -0.05) is 12.1 Å². The Balaban J connectivity index is 1.79. The van der Waals surface area contributed by atoms with Crippen LogP contribution in [-0.4, -0.2) is 24.3 Å². The Morgan fingerprint density at radius 2 is 1.92 bits per heavy atom. The van der Waals surface area contributed by atoms with Gasteiger partial charge >= 0.3 is 5.97 Å². The van der Waals surface area contributed by atoms with Gasteiger partial charge < -0.3 is 15.0 Å². The van der Waals surface area contributed by atoms with Crippen LogP contribution in [0.2, 0.25) is 0 Å². The molecular weight excluding hydrogens is 332 g/mol. The smallest absolute Gasteiger partial charge is 0.308 e. The normalized spacial score (nSPS) is 13.6. The van der Waals surface area contributed by atoms with E-state index in [0.29, 0.717) is 12.1 Å². The van der Waals surface area contributed by atoms with Crippen molar-refractivity contribution in [3.8, 4) is 5.75 Å². The third-order valence-electron chi connectivity index (χ3n) is 4.20. The molecule has 0 atom stereocenters. The fraction of sp³-hybridized carbons (Fsp3) is 0.250. The van der Waals surface area contributed by atoms with Gasteiger partial charge in [0.05, 0.1) is 5.56 Å². The Labute approximate surface area is 151 Å². The Bertz CT molecular complexity index is 876. The molecule has 0 saturated carbocycles. The fourth-order valence-corrected chi connectivity index (χ4v) is 3.04. The molecule has 2 aromatic carbocycles. The van der Waals surface area contributed by atoms with E-state index < -0.39 is 5.97 Å². The molecule has 0 bridgehead atoms. The lowest BCUT2D eigenvalue weighted by Gasteiger charge is -2.19. The monoisotopic (exact) mass is 352 g/mol. The fourth-order valence-electron chi connectivity index (χ4n) is 3.04. The van der Waals surface area contributed by atoms with Gasteiger partial charge in [0.1, 0.15) is 5.75 Å². The first kappa shape index (κ1) is 17.7. The summed E-state index contributed by atoms with van der Waals surface area (Å²) < 4.78 is 5.08. The van der Waals surface area contributed by atoms with Crippen molar-refractivity contribution >= 4 is 29.2 Å². The maximum atomic E-state index is 12.6. The lowest BCUT2D eigenvalue weighted by atomic mass is 10.1. The Kier molecular flexibility index (Phi) is 5.02. The largest absolute Gasteiger partial charge is 0.426 e. The molecule has 1 saturated heterocycles. The van der Waals surface area contributed by atoms with E-state index in [0.717, 1.165) is 24.2 Å². The third kappa shape index (κ3) is 3.74. The molecule has 1 N–H and O–H groups in total. The van der Waals surface area contributed by atoms with Crippen molar-refractivity contribution in [1.82, 2.24) is 0 Å². The van der Waals surface area contributed by atoms with E-state index in [1.165, 1.54) is 6.92 Å². The zero-order valence-electron chi connectivity index (χ0n) is 14.7. The first-order valence-corrected chi connectivity index (χ1v) is 8.45. The number of amides is 2. The number of rotatable bonds is 4. The number of ether oxygens (including phenoxy) is 1. The van der Waals surface area contributed by atoms with Crippen LogP contribution in [-0.2, 0) is 9.59 Å². The van der Waals surface area contributed by atoms with Crippen molar-refractivity contribution < 1.29 is 19.1 Å². The molecule has 1 fully saturated rings. The minimum absolute atomic E-state index is 0.125. The second-order valence-electron chi connectivity index (χ2n) is 6.19. The molecule has 1 aliphatic heterocycles. The summed E-state index contributed by atoms with van der Waals surface area (Å²) in [6.45, 7) is 3.92. The second kappa shape index (κ2) is 7.39. The summed E-state index contributed by atoms with van der Waals surface area (Å²) in [4.78, 5) is 37.4. The van der Waals surface area contributed by atoms with Gasteiger partial charge in [-0.05, 0) is 49.2 Å². The predicted octanol–water partition coefficient (Wildman–Crippen LogP) is 3.30. The molecule has 0 radical (unpaired) electrons. The number of anilines is 2. The van der Waals surface area contributed by atoms with Crippen LogP contribution in [0.4, 0.5) is 11.4 Å². The van der Waals surface area contributed by atoms with E-state index in [9.17, 15) is 14.4 Å². The summed E-state index contributed by atoms with van der Waals surface area (Å²) in [5.41, 5.74) is 2.66. The molecule has 3 rings (SSSR count). The van der Waals surface area contributed by atoms with Gasteiger partial charge in [-0.25, -0.2) is 0 Å². The van der Waals surface area contributed by atoms with Gasteiger partial charge in [0.25, 0.3) is 5.91 Å². The maximum absolute atomic E-state index is 12.6. The minimum atomic E-state index is -0.485. The molecule has 2 amide bonds. The summed E-state index contributed by atoms with van der Waals surface area (Å²) in [5.74, 6) is -0.513. The predicted molar refractivity (Wildman–Crippen MR) is 98.5 cm³/mol. The number of benzene rings is 2. The van der Waals surface area contributed by atoms with Gasteiger partial charge in [0.15, 0.2) is 0 Å². The van der Waals surface area contributed by atoms with Crippen LogP contribution in [0.1, 0.15) is 35.7 Å². The first-order valence-electron chi connectivity index (χ1n) is 8.45. The molecule has 1 aliphatic rings. The van der Waals surface area contributed by atoms with Crippen LogP contribution in [0.3, 0.4) is 0 Å². The summed E-state index contributed by atoms with van der Waals surface area (Å²) in [6, 6.07) is 12.0. The highest BCUT2D eigenvalue weighted by molar-refractivity contribution is 6.06. The average molecular weight is 352 g/mol. The lowest BCUT2D eigenvalue weighted by Crippen LogP contribution is -2.24. The third-order valence-corrected chi connectivity index (χ3v) is 4.20. The molecule has 0 spiro atoms. The average Bonchev–Trinajstić information content (AvgIpc) is 3.01.